The molecular weight excluding hydrogens is 283 g/mol. The molecule has 1 heterocycles. The van der Waals surface area contributed by atoms with Crippen molar-refractivity contribution in [2.45, 2.75) is 19.2 Å². The first-order chi connectivity index (χ1) is 9.82. The van der Waals surface area contributed by atoms with E-state index in [9.17, 15) is 18.3 Å². The smallest absolute Gasteiger partial charge is 0.416 e. The molecule has 0 amide bonds. The molecule has 1 aromatic carbocycles. The van der Waals surface area contributed by atoms with Gasteiger partial charge in [0, 0.05) is 6.07 Å². The maximum Gasteiger partial charge on any atom is 0.416 e. The summed E-state index contributed by atoms with van der Waals surface area (Å²) in [5.74, 6) is 0.330. The number of nitrogens with zero attached hydrogens (tertiary/aromatic N) is 1. The van der Waals surface area contributed by atoms with Gasteiger partial charge in [0.2, 0.25) is 5.88 Å². The lowest BCUT2D eigenvalue weighted by molar-refractivity contribution is -0.137. The first-order valence-electron chi connectivity index (χ1n) is 6.19. The molecule has 0 saturated heterocycles. The number of halogens is 3. The molecule has 1 unspecified atom stereocenters. The van der Waals surface area contributed by atoms with Gasteiger partial charge in [-0.25, -0.2) is 4.98 Å². The second kappa shape index (κ2) is 5.73. The van der Waals surface area contributed by atoms with Crippen molar-refractivity contribution in [3.63, 3.8) is 0 Å². The predicted molar refractivity (Wildman–Crippen MR) is 71.0 cm³/mol. The Labute approximate surface area is 120 Å². The third-order valence-corrected chi connectivity index (χ3v) is 3.13. The molecule has 21 heavy (non-hydrogen) atoms. The maximum absolute atomic E-state index is 12.6. The van der Waals surface area contributed by atoms with E-state index in [-0.39, 0.29) is 0 Å². The number of hydrogen-bond donors (Lipinski definition) is 1. The normalized spacial score (nSPS) is 13.0. The van der Waals surface area contributed by atoms with Crippen LogP contribution < -0.4 is 4.74 Å². The largest absolute Gasteiger partial charge is 0.481 e. The van der Waals surface area contributed by atoms with Crippen LogP contribution >= 0.6 is 0 Å². The van der Waals surface area contributed by atoms with Crippen LogP contribution in [0.1, 0.15) is 28.5 Å². The number of aromatic nitrogens is 1. The summed E-state index contributed by atoms with van der Waals surface area (Å²) in [4.78, 5) is 4.09. The Bertz CT molecular complexity index is 641. The first kappa shape index (κ1) is 15.3. The summed E-state index contributed by atoms with van der Waals surface area (Å²) in [6.45, 7) is 1.52. The summed E-state index contributed by atoms with van der Waals surface area (Å²) >= 11 is 0. The number of alkyl halides is 3. The second-order valence-electron chi connectivity index (χ2n) is 4.58. The number of methoxy groups -OCH3 is 1. The van der Waals surface area contributed by atoms with Crippen LogP contribution in [-0.2, 0) is 6.18 Å². The fourth-order valence-corrected chi connectivity index (χ4v) is 2.01. The van der Waals surface area contributed by atoms with Gasteiger partial charge in [0.25, 0.3) is 0 Å². The fraction of sp³-hybridized carbons (Fsp3) is 0.267. The molecule has 2 aromatic rings. The molecular formula is C15H14F3NO2. The molecule has 0 saturated carbocycles. The Morgan fingerprint density at radius 2 is 1.90 bits per heavy atom. The summed E-state index contributed by atoms with van der Waals surface area (Å²) in [5, 5.41) is 10.3. The van der Waals surface area contributed by atoms with Crippen molar-refractivity contribution >= 4 is 0 Å². The highest BCUT2D eigenvalue weighted by molar-refractivity contribution is 5.37. The SMILES string of the molecule is COc1cccc(C(O)c2ccc(C(F)(F)F)cc2C)n1. The molecule has 0 spiro atoms. The molecule has 0 aliphatic rings. The minimum absolute atomic E-state index is 0.317. The van der Waals surface area contributed by atoms with Crippen LogP contribution in [-0.4, -0.2) is 17.2 Å². The highest BCUT2D eigenvalue weighted by Crippen LogP contribution is 2.32. The van der Waals surface area contributed by atoms with Gasteiger partial charge in [0.05, 0.1) is 18.4 Å². The van der Waals surface area contributed by atoms with Gasteiger partial charge in [-0.1, -0.05) is 12.1 Å². The fourth-order valence-electron chi connectivity index (χ4n) is 2.01. The highest BCUT2D eigenvalue weighted by atomic mass is 19.4. The average Bonchev–Trinajstić information content (AvgIpc) is 2.45. The van der Waals surface area contributed by atoms with Crippen LogP contribution in [0.4, 0.5) is 13.2 Å². The topological polar surface area (TPSA) is 42.4 Å². The van der Waals surface area contributed by atoms with Crippen molar-refractivity contribution in [1.82, 2.24) is 4.98 Å². The lowest BCUT2D eigenvalue weighted by atomic mass is 9.98. The third kappa shape index (κ3) is 3.33. The van der Waals surface area contributed by atoms with Gasteiger partial charge in [-0.2, -0.15) is 13.2 Å². The van der Waals surface area contributed by atoms with E-state index in [2.05, 4.69) is 4.98 Å². The van der Waals surface area contributed by atoms with E-state index >= 15 is 0 Å². The number of aliphatic hydroxyl groups is 1. The predicted octanol–water partition coefficient (Wildman–Crippen LogP) is 3.50. The molecule has 0 aliphatic carbocycles. The molecule has 112 valence electrons. The van der Waals surface area contributed by atoms with E-state index in [1.165, 1.54) is 20.1 Å². The molecule has 1 atom stereocenters. The standard InChI is InChI=1S/C15H14F3NO2/c1-9-8-10(15(16,17)18)6-7-11(9)14(20)12-4-3-5-13(19-12)21-2/h3-8,14,20H,1-2H3. The van der Waals surface area contributed by atoms with Crippen LogP contribution in [0.5, 0.6) is 5.88 Å². The number of aryl methyl sites for hydroxylation is 1. The summed E-state index contributed by atoms with van der Waals surface area (Å²) in [6, 6.07) is 8.10. The van der Waals surface area contributed by atoms with Crippen molar-refractivity contribution in [2.24, 2.45) is 0 Å². The van der Waals surface area contributed by atoms with Gasteiger partial charge in [-0.15, -0.1) is 0 Å². The van der Waals surface area contributed by atoms with Crippen LogP contribution in [0.15, 0.2) is 36.4 Å². The number of ether oxygens (including phenoxy) is 1. The van der Waals surface area contributed by atoms with Crippen LogP contribution in [0.3, 0.4) is 0 Å². The molecule has 1 N–H and O–H groups in total. The van der Waals surface area contributed by atoms with Gasteiger partial charge in [-0.3, -0.25) is 0 Å². The van der Waals surface area contributed by atoms with Crippen molar-refractivity contribution < 1.29 is 23.0 Å². The van der Waals surface area contributed by atoms with Gasteiger partial charge >= 0.3 is 6.18 Å². The highest BCUT2D eigenvalue weighted by Gasteiger charge is 2.31. The lowest BCUT2D eigenvalue weighted by Gasteiger charge is -2.16. The Morgan fingerprint density at radius 1 is 1.19 bits per heavy atom. The number of rotatable bonds is 3. The van der Waals surface area contributed by atoms with Crippen LogP contribution in [0, 0.1) is 6.92 Å². The maximum atomic E-state index is 12.6. The van der Waals surface area contributed by atoms with Crippen molar-refractivity contribution in [3.8, 4) is 5.88 Å². The zero-order valence-electron chi connectivity index (χ0n) is 11.5. The number of pyridine rings is 1. The lowest BCUT2D eigenvalue weighted by Crippen LogP contribution is -2.09. The quantitative estimate of drug-likeness (QED) is 0.943. The number of aliphatic hydroxyl groups excluding tert-OH is 1. The Kier molecular flexibility index (Phi) is 4.18. The zero-order valence-corrected chi connectivity index (χ0v) is 11.5. The molecule has 0 radical (unpaired) electrons. The van der Waals surface area contributed by atoms with E-state index in [0.717, 1.165) is 12.1 Å². The molecule has 0 fully saturated rings. The van der Waals surface area contributed by atoms with Gasteiger partial charge < -0.3 is 9.84 Å². The van der Waals surface area contributed by atoms with Crippen LogP contribution in [0.25, 0.3) is 0 Å². The van der Waals surface area contributed by atoms with E-state index in [4.69, 9.17) is 4.74 Å². The molecule has 1 aromatic heterocycles. The molecule has 0 bridgehead atoms. The molecule has 0 aliphatic heterocycles. The van der Waals surface area contributed by atoms with Crippen LogP contribution in [0.2, 0.25) is 0 Å². The van der Waals surface area contributed by atoms with E-state index in [0.29, 0.717) is 22.7 Å². The van der Waals surface area contributed by atoms with Crippen molar-refractivity contribution in [3.05, 3.63) is 58.8 Å². The summed E-state index contributed by atoms with van der Waals surface area (Å²) < 4.78 is 42.9. The summed E-state index contributed by atoms with van der Waals surface area (Å²) in [6.07, 6.45) is -5.51. The Balaban J connectivity index is 2.37. The van der Waals surface area contributed by atoms with E-state index < -0.39 is 17.8 Å². The van der Waals surface area contributed by atoms with E-state index in [1.54, 1.807) is 18.2 Å². The van der Waals surface area contributed by atoms with E-state index in [1.807, 2.05) is 0 Å². The molecule has 3 nitrogen and oxygen atoms in total. The van der Waals surface area contributed by atoms with Gasteiger partial charge in [0.15, 0.2) is 0 Å². The molecule has 6 heteroatoms. The zero-order chi connectivity index (χ0) is 15.6. The minimum Gasteiger partial charge on any atom is -0.481 e. The Morgan fingerprint density at radius 3 is 2.48 bits per heavy atom. The molecule has 2 rings (SSSR count). The van der Waals surface area contributed by atoms with Gasteiger partial charge in [-0.05, 0) is 36.2 Å². The third-order valence-electron chi connectivity index (χ3n) is 3.13. The van der Waals surface area contributed by atoms with Crippen molar-refractivity contribution in [2.75, 3.05) is 7.11 Å². The monoisotopic (exact) mass is 297 g/mol. The Hall–Kier alpha value is -2.08. The first-order valence-corrected chi connectivity index (χ1v) is 6.19. The van der Waals surface area contributed by atoms with Gasteiger partial charge in [0.1, 0.15) is 6.10 Å². The summed E-state index contributed by atoms with van der Waals surface area (Å²) in [5.41, 5.74) is 0.303. The number of benzene rings is 1. The number of hydrogen-bond acceptors (Lipinski definition) is 3. The second-order valence-corrected chi connectivity index (χ2v) is 4.58. The van der Waals surface area contributed by atoms with Crippen molar-refractivity contribution in [1.29, 1.82) is 0 Å². The summed E-state index contributed by atoms with van der Waals surface area (Å²) in [7, 11) is 1.45. The minimum atomic E-state index is -4.40. The average molecular weight is 297 g/mol.